The summed E-state index contributed by atoms with van der Waals surface area (Å²) in [6.45, 7) is 8.57. The van der Waals surface area contributed by atoms with Gasteiger partial charge in [-0.25, -0.2) is 0 Å². The van der Waals surface area contributed by atoms with Gasteiger partial charge in [0.15, 0.2) is 0 Å². The minimum absolute atomic E-state index is 0.144. The Morgan fingerprint density at radius 2 is 1.82 bits per heavy atom. The van der Waals surface area contributed by atoms with Crippen LogP contribution < -0.4 is 10.2 Å². The van der Waals surface area contributed by atoms with Gasteiger partial charge in [-0.1, -0.05) is 29.8 Å². The van der Waals surface area contributed by atoms with E-state index in [1.807, 2.05) is 43.3 Å². The first kappa shape index (κ1) is 16.0. The molecule has 1 N–H and O–H groups in total. The van der Waals surface area contributed by atoms with Gasteiger partial charge in [-0.05, 0) is 38.5 Å². The molecule has 0 bridgehead atoms. The van der Waals surface area contributed by atoms with Crippen LogP contribution >= 0.6 is 0 Å². The smallest absolute Gasteiger partial charge is 0.270 e. The molecular weight excluding hydrogens is 274 g/mol. The lowest BCUT2D eigenvalue weighted by molar-refractivity contribution is 0.0946. The Balaban J connectivity index is 2.03. The van der Waals surface area contributed by atoms with Crippen LogP contribution in [0.3, 0.4) is 0 Å². The van der Waals surface area contributed by atoms with Crippen LogP contribution in [-0.4, -0.2) is 24.0 Å². The molecule has 4 nitrogen and oxygen atoms in total. The van der Waals surface area contributed by atoms with Gasteiger partial charge in [0.2, 0.25) is 0 Å². The van der Waals surface area contributed by atoms with E-state index in [9.17, 15) is 4.79 Å². The number of anilines is 1. The molecule has 0 fully saturated rings. The van der Waals surface area contributed by atoms with Gasteiger partial charge < -0.3 is 10.2 Å². The number of hydrogen-bond acceptors (Lipinski definition) is 3. The van der Waals surface area contributed by atoms with Crippen molar-refractivity contribution in [1.29, 1.82) is 0 Å². The van der Waals surface area contributed by atoms with Crippen molar-refractivity contribution in [3.05, 3.63) is 59.4 Å². The van der Waals surface area contributed by atoms with Crippen LogP contribution in [0.15, 0.2) is 42.6 Å². The zero-order chi connectivity index (χ0) is 15.9. The van der Waals surface area contributed by atoms with Crippen molar-refractivity contribution in [3.63, 3.8) is 0 Å². The van der Waals surface area contributed by atoms with Crippen LogP contribution in [0, 0.1) is 6.92 Å². The van der Waals surface area contributed by atoms with Crippen molar-refractivity contribution in [2.75, 3.05) is 18.0 Å². The molecule has 1 heterocycles. The molecule has 0 unspecified atom stereocenters. The minimum Gasteiger partial charge on any atom is -0.372 e. The van der Waals surface area contributed by atoms with E-state index in [-0.39, 0.29) is 5.91 Å². The second-order valence-electron chi connectivity index (χ2n) is 5.24. The van der Waals surface area contributed by atoms with E-state index < -0.39 is 0 Å². The maximum Gasteiger partial charge on any atom is 0.270 e. The van der Waals surface area contributed by atoms with Gasteiger partial charge in [-0.2, -0.15) is 0 Å². The number of pyridine rings is 1. The number of hydrogen-bond donors (Lipinski definition) is 1. The van der Waals surface area contributed by atoms with Gasteiger partial charge in [0.1, 0.15) is 5.69 Å². The molecule has 1 aromatic heterocycles. The fourth-order valence-corrected chi connectivity index (χ4v) is 2.31. The molecular formula is C18H23N3O. The number of nitrogens with one attached hydrogen (secondary N) is 1. The maximum atomic E-state index is 12.2. The summed E-state index contributed by atoms with van der Waals surface area (Å²) in [5, 5.41) is 2.92. The number of amides is 1. The molecule has 0 aliphatic rings. The number of aromatic nitrogens is 1. The van der Waals surface area contributed by atoms with Crippen molar-refractivity contribution >= 4 is 11.6 Å². The Morgan fingerprint density at radius 1 is 1.14 bits per heavy atom. The predicted octanol–water partition coefficient (Wildman–Crippen LogP) is 3.17. The van der Waals surface area contributed by atoms with Crippen LogP contribution in [-0.2, 0) is 6.54 Å². The standard InChI is InChI=1S/C18H23N3O/c1-4-21(5-2)16-10-11-19-17(12-16)18(22)20-13-15-8-6-14(3)7-9-15/h6-12H,4-5,13H2,1-3H3,(H,20,22). The summed E-state index contributed by atoms with van der Waals surface area (Å²) in [5.74, 6) is -0.144. The summed E-state index contributed by atoms with van der Waals surface area (Å²) in [4.78, 5) is 18.6. The molecule has 0 aliphatic heterocycles. The monoisotopic (exact) mass is 297 g/mol. The van der Waals surface area contributed by atoms with Gasteiger partial charge in [-0.15, -0.1) is 0 Å². The van der Waals surface area contributed by atoms with Crippen LogP contribution in [0.4, 0.5) is 5.69 Å². The average Bonchev–Trinajstić information content (AvgIpc) is 2.55. The zero-order valence-electron chi connectivity index (χ0n) is 13.5. The van der Waals surface area contributed by atoms with Gasteiger partial charge in [0.05, 0.1) is 0 Å². The van der Waals surface area contributed by atoms with Crippen molar-refractivity contribution in [2.45, 2.75) is 27.3 Å². The highest BCUT2D eigenvalue weighted by atomic mass is 16.1. The quantitative estimate of drug-likeness (QED) is 0.891. The second-order valence-corrected chi connectivity index (χ2v) is 5.24. The van der Waals surface area contributed by atoms with E-state index in [0.29, 0.717) is 12.2 Å². The van der Waals surface area contributed by atoms with Gasteiger partial charge >= 0.3 is 0 Å². The summed E-state index contributed by atoms with van der Waals surface area (Å²) in [6, 6.07) is 11.9. The fourth-order valence-electron chi connectivity index (χ4n) is 2.31. The molecule has 22 heavy (non-hydrogen) atoms. The molecule has 1 aromatic carbocycles. The molecule has 0 aliphatic carbocycles. The summed E-state index contributed by atoms with van der Waals surface area (Å²) in [7, 11) is 0. The number of carbonyl (C=O) groups excluding carboxylic acids is 1. The fraction of sp³-hybridized carbons (Fsp3) is 0.333. The summed E-state index contributed by atoms with van der Waals surface area (Å²) in [5.41, 5.74) is 3.78. The van der Waals surface area contributed by atoms with E-state index in [4.69, 9.17) is 0 Å². The van der Waals surface area contributed by atoms with Crippen molar-refractivity contribution in [3.8, 4) is 0 Å². The minimum atomic E-state index is -0.144. The predicted molar refractivity (Wildman–Crippen MR) is 90.1 cm³/mol. The van der Waals surface area contributed by atoms with Crippen LogP contribution in [0.5, 0.6) is 0 Å². The lowest BCUT2D eigenvalue weighted by atomic mass is 10.1. The molecule has 0 saturated heterocycles. The molecule has 2 aromatic rings. The first-order valence-electron chi connectivity index (χ1n) is 7.68. The molecule has 0 saturated carbocycles. The number of aryl methyl sites for hydroxylation is 1. The molecule has 0 radical (unpaired) electrons. The van der Waals surface area contributed by atoms with Crippen LogP contribution in [0.1, 0.15) is 35.5 Å². The third kappa shape index (κ3) is 4.07. The largest absolute Gasteiger partial charge is 0.372 e. The Bertz CT molecular complexity index is 618. The third-order valence-corrected chi connectivity index (χ3v) is 3.68. The Hall–Kier alpha value is -2.36. The lowest BCUT2D eigenvalue weighted by Gasteiger charge is -2.21. The van der Waals surface area contributed by atoms with Crippen molar-refractivity contribution in [2.24, 2.45) is 0 Å². The van der Waals surface area contributed by atoms with E-state index >= 15 is 0 Å². The lowest BCUT2D eigenvalue weighted by Crippen LogP contribution is -2.25. The van der Waals surface area contributed by atoms with Crippen molar-refractivity contribution in [1.82, 2.24) is 10.3 Å². The highest BCUT2D eigenvalue weighted by molar-refractivity contribution is 5.93. The second kappa shape index (κ2) is 7.59. The highest BCUT2D eigenvalue weighted by Crippen LogP contribution is 2.14. The number of carbonyl (C=O) groups is 1. The molecule has 0 spiro atoms. The first-order valence-corrected chi connectivity index (χ1v) is 7.68. The van der Waals surface area contributed by atoms with E-state index in [0.717, 1.165) is 24.3 Å². The number of rotatable bonds is 6. The van der Waals surface area contributed by atoms with E-state index in [1.165, 1.54) is 5.56 Å². The highest BCUT2D eigenvalue weighted by Gasteiger charge is 2.10. The maximum absolute atomic E-state index is 12.2. The average molecular weight is 297 g/mol. The molecule has 0 atom stereocenters. The topological polar surface area (TPSA) is 45.2 Å². The Morgan fingerprint density at radius 3 is 2.45 bits per heavy atom. The summed E-state index contributed by atoms with van der Waals surface area (Å²) in [6.07, 6.45) is 1.69. The van der Waals surface area contributed by atoms with Crippen molar-refractivity contribution < 1.29 is 4.79 Å². The van der Waals surface area contributed by atoms with Gasteiger partial charge in [0.25, 0.3) is 5.91 Å². The van der Waals surface area contributed by atoms with Gasteiger partial charge in [0, 0.05) is 31.5 Å². The van der Waals surface area contributed by atoms with E-state index in [2.05, 4.69) is 29.0 Å². The summed E-state index contributed by atoms with van der Waals surface area (Å²) >= 11 is 0. The molecule has 2 rings (SSSR count). The Labute approximate surface area is 132 Å². The third-order valence-electron chi connectivity index (χ3n) is 3.68. The van der Waals surface area contributed by atoms with Crippen LogP contribution in [0.2, 0.25) is 0 Å². The van der Waals surface area contributed by atoms with Crippen LogP contribution in [0.25, 0.3) is 0 Å². The molecule has 4 heteroatoms. The molecule has 1 amide bonds. The van der Waals surface area contributed by atoms with E-state index in [1.54, 1.807) is 6.20 Å². The number of nitrogens with zero attached hydrogens (tertiary/aromatic N) is 2. The zero-order valence-corrected chi connectivity index (χ0v) is 13.5. The molecule has 116 valence electrons. The SMILES string of the molecule is CCN(CC)c1ccnc(C(=O)NCc2ccc(C)cc2)c1. The van der Waals surface area contributed by atoms with Gasteiger partial charge in [-0.3, -0.25) is 9.78 Å². The number of benzene rings is 1. The Kier molecular flexibility index (Phi) is 5.53. The first-order chi connectivity index (χ1) is 10.6. The summed E-state index contributed by atoms with van der Waals surface area (Å²) < 4.78 is 0. The normalized spacial score (nSPS) is 10.3.